The molecule has 7 nitrogen and oxygen atoms in total. The molecular formula is C17H20N2O5. The van der Waals surface area contributed by atoms with Crippen molar-refractivity contribution >= 4 is 11.9 Å². The minimum Gasteiger partial charge on any atom is -0.497 e. The number of carboxylic acid groups (broad SMARTS) is 1. The number of hydrogen-bond donors (Lipinski definition) is 2. The number of rotatable bonds is 7. The van der Waals surface area contributed by atoms with Crippen LogP contribution in [0.25, 0.3) is 0 Å². The minimum atomic E-state index is -1.01. The number of amides is 1. The number of aliphatic carboxylic acids is 1. The van der Waals surface area contributed by atoms with Gasteiger partial charge in [0.15, 0.2) is 0 Å². The highest BCUT2D eigenvalue weighted by Crippen LogP contribution is 2.22. The Morgan fingerprint density at radius 2 is 2.00 bits per heavy atom. The highest BCUT2D eigenvalue weighted by Gasteiger charge is 2.24. The molecule has 2 aromatic rings. The van der Waals surface area contributed by atoms with Crippen LogP contribution in [0.4, 0.5) is 0 Å². The molecule has 1 aromatic heterocycles. The summed E-state index contributed by atoms with van der Waals surface area (Å²) in [4.78, 5) is 23.7. The van der Waals surface area contributed by atoms with Gasteiger partial charge in [-0.25, -0.2) is 0 Å². The summed E-state index contributed by atoms with van der Waals surface area (Å²) in [5.74, 6) is -0.336. The van der Waals surface area contributed by atoms with Crippen LogP contribution in [0.15, 0.2) is 28.8 Å². The molecule has 7 heteroatoms. The number of nitrogens with zero attached hydrogens (tertiary/aromatic N) is 1. The Morgan fingerprint density at radius 1 is 1.33 bits per heavy atom. The molecule has 0 saturated heterocycles. The zero-order valence-electron chi connectivity index (χ0n) is 13.8. The van der Waals surface area contributed by atoms with Crippen LogP contribution in [0.3, 0.4) is 0 Å². The third-order valence-corrected chi connectivity index (χ3v) is 3.70. The third kappa shape index (κ3) is 3.92. The number of hydrogen-bond acceptors (Lipinski definition) is 5. The van der Waals surface area contributed by atoms with Gasteiger partial charge in [0.25, 0.3) is 5.91 Å². The second kappa shape index (κ2) is 7.63. The lowest BCUT2D eigenvalue weighted by atomic mass is 10.0. The van der Waals surface area contributed by atoms with Crippen molar-refractivity contribution in [3.63, 3.8) is 0 Å². The molecule has 24 heavy (non-hydrogen) atoms. The molecule has 0 unspecified atom stereocenters. The van der Waals surface area contributed by atoms with Crippen molar-refractivity contribution in [3.05, 3.63) is 46.8 Å². The fourth-order valence-corrected chi connectivity index (χ4v) is 2.44. The lowest BCUT2D eigenvalue weighted by Crippen LogP contribution is -2.31. The summed E-state index contributed by atoms with van der Waals surface area (Å²) >= 11 is 0. The van der Waals surface area contributed by atoms with Crippen LogP contribution in [-0.2, 0) is 11.2 Å². The van der Waals surface area contributed by atoms with Gasteiger partial charge in [-0.05, 0) is 31.0 Å². The van der Waals surface area contributed by atoms with Crippen molar-refractivity contribution in [3.8, 4) is 5.75 Å². The number of carboxylic acids is 1. The lowest BCUT2D eigenvalue weighted by molar-refractivity contribution is -0.137. The van der Waals surface area contributed by atoms with Gasteiger partial charge in [0, 0.05) is 0 Å². The van der Waals surface area contributed by atoms with Crippen molar-refractivity contribution in [2.45, 2.75) is 32.7 Å². The summed E-state index contributed by atoms with van der Waals surface area (Å²) < 4.78 is 10.2. The molecule has 2 N–H and O–H groups in total. The summed E-state index contributed by atoms with van der Waals surface area (Å²) in [5.41, 5.74) is 1.59. The van der Waals surface area contributed by atoms with E-state index >= 15 is 0 Å². The van der Waals surface area contributed by atoms with E-state index in [1.807, 2.05) is 6.92 Å². The van der Waals surface area contributed by atoms with E-state index < -0.39 is 17.9 Å². The van der Waals surface area contributed by atoms with Crippen molar-refractivity contribution in [2.24, 2.45) is 0 Å². The maximum absolute atomic E-state index is 12.6. The molecule has 128 valence electrons. The molecule has 1 amide bonds. The second-order valence-electron chi connectivity index (χ2n) is 5.31. The number of aryl methyl sites for hydroxylation is 2. The molecular weight excluding hydrogens is 312 g/mol. The molecule has 2 rings (SSSR count). The summed E-state index contributed by atoms with van der Waals surface area (Å²) in [5, 5.41) is 15.7. The van der Waals surface area contributed by atoms with Gasteiger partial charge in [0.2, 0.25) is 0 Å². The first-order valence-electron chi connectivity index (χ1n) is 7.58. The number of carbonyl (C=O) groups is 2. The largest absolute Gasteiger partial charge is 0.497 e. The zero-order chi connectivity index (χ0) is 17.7. The fraction of sp³-hybridized carbons (Fsp3) is 0.353. The average Bonchev–Trinajstić information content (AvgIpc) is 2.94. The van der Waals surface area contributed by atoms with Crippen LogP contribution >= 0.6 is 0 Å². The van der Waals surface area contributed by atoms with Crippen molar-refractivity contribution in [1.82, 2.24) is 10.5 Å². The van der Waals surface area contributed by atoms with E-state index in [0.717, 1.165) is 0 Å². The second-order valence-corrected chi connectivity index (χ2v) is 5.31. The Labute approximate surface area is 139 Å². The molecule has 1 heterocycles. The Hall–Kier alpha value is -2.83. The molecule has 0 fully saturated rings. The maximum atomic E-state index is 12.6. The molecule has 0 spiro atoms. The van der Waals surface area contributed by atoms with Crippen LogP contribution in [0.2, 0.25) is 0 Å². The summed E-state index contributed by atoms with van der Waals surface area (Å²) in [7, 11) is 1.55. The first-order chi connectivity index (χ1) is 11.5. The Bertz CT molecular complexity index is 721. The third-order valence-electron chi connectivity index (χ3n) is 3.70. The van der Waals surface area contributed by atoms with E-state index in [0.29, 0.717) is 34.8 Å². The van der Waals surface area contributed by atoms with Gasteiger partial charge in [0.05, 0.1) is 25.3 Å². The number of carbonyl (C=O) groups excluding carboxylic acids is 1. The predicted octanol–water partition coefficient (Wildman–Crippen LogP) is 2.50. The molecule has 1 aromatic carbocycles. The first kappa shape index (κ1) is 17.5. The number of benzene rings is 1. The van der Waals surface area contributed by atoms with Gasteiger partial charge in [-0.3, -0.25) is 9.59 Å². The van der Waals surface area contributed by atoms with Crippen LogP contribution in [0.1, 0.15) is 46.8 Å². The average molecular weight is 332 g/mol. The van der Waals surface area contributed by atoms with Crippen LogP contribution < -0.4 is 10.1 Å². The van der Waals surface area contributed by atoms with Gasteiger partial charge in [0.1, 0.15) is 17.1 Å². The summed E-state index contributed by atoms with van der Waals surface area (Å²) in [6.07, 6.45) is 0.316. The summed E-state index contributed by atoms with van der Waals surface area (Å²) in [6.45, 7) is 3.52. The van der Waals surface area contributed by atoms with Crippen molar-refractivity contribution < 1.29 is 24.0 Å². The SMILES string of the molecule is CCc1noc(C)c1C(=O)N[C@@H](CC(=O)O)c1ccc(OC)cc1. The zero-order valence-corrected chi connectivity index (χ0v) is 13.8. The number of ether oxygens (including phenoxy) is 1. The van der Waals surface area contributed by atoms with E-state index in [-0.39, 0.29) is 6.42 Å². The Kier molecular flexibility index (Phi) is 5.57. The topological polar surface area (TPSA) is 102 Å². The molecule has 0 aliphatic heterocycles. The fourth-order valence-electron chi connectivity index (χ4n) is 2.44. The van der Waals surface area contributed by atoms with Crippen molar-refractivity contribution in [1.29, 1.82) is 0 Å². The van der Waals surface area contributed by atoms with E-state index in [1.165, 1.54) is 0 Å². The lowest BCUT2D eigenvalue weighted by Gasteiger charge is -2.18. The minimum absolute atomic E-state index is 0.232. The standard InChI is InChI=1S/C17H20N2O5/c1-4-13-16(10(2)24-19-13)17(22)18-14(9-15(20)21)11-5-7-12(23-3)8-6-11/h5-8,14H,4,9H2,1-3H3,(H,18,22)(H,20,21)/t14-/m0/s1. The monoisotopic (exact) mass is 332 g/mol. The van der Waals surface area contributed by atoms with E-state index in [1.54, 1.807) is 38.3 Å². The van der Waals surface area contributed by atoms with Crippen molar-refractivity contribution in [2.75, 3.05) is 7.11 Å². The number of nitrogens with one attached hydrogen (secondary N) is 1. The van der Waals surface area contributed by atoms with Gasteiger partial charge in [-0.15, -0.1) is 0 Å². The van der Waals surface area contributed by atoms with Gasteiger partial charge < -0.3 is 19.7 Å². The molecule has 0 aliphatic carbocycles. The van der Waals surface area contributed by atoms with Crippen LogP contribution in [0, 0.1) is 6.92 Å². The maximum Gasteiger partial charge on any atom is 0.305 e. The Morgan fingerprint density at radius 3 is 2.54 bits per heavy atom. The van der Waals surface area contributed by atoms with E-state index in [9.17, 15) is 9.59 Å². The molecule has 0 radical (unpaired) electrons. The predicted molar refractivity (Wildman–Crippen MR) is 86.1 cm³/mol. The number of methoxy groups -OCH3 is 1. The van der Waals surface area contributed by atoms with Gasteiger partial charge >= 0.3 is 5.97 Å². The molecule has 0 saturated carbocycles. The van der Waals surface area contributed by atoms with E-state index in [4.69, 9.17) is 14.4 Å². The van der Waals surface area contributed by atoms with Crippen LogP contribution in [0.5, 0.6) is 5.75 Å². The quantitative estimate of drug-likeness (QED) is 0.808. The molecule has 1 atom stereocenters. The van der Waals surface area contributed by atoms with Crippen LogP contribution in [-0.4, -0.2) is 29.2 Å². The normalized spacial score (nSPS) is 11.8. The smallest absolute Gasteiger partial charge is 0.305 e. The summed E-state index contributed by atoms with van der Waals surface area (Å²) in [6, 6.07) is 6.23. The van der Waals surface area contributed by atoms with Gasteiger partial charge in [-0.1, -0.05) is 24.2 Å². The first-order valence-corrected chi connectivity index (χ1v) is 7.58. The highest BCUT2D eigenvalue weighted by molar-refractivity contribution is 5.96. The highest BCUT2D eigenvalue weighted by atomic mass is 16.5. The Balaban J connectivity index is 2.26. The van der Waals surface area contributed by atoms with Gasteiger partial charge in [-0.2, -0.15) is 0 Å². The molecule has 0 aliphatic rings. The number of aromatic nitrogens is 1. The molecule has 0 bridgehead atoms. The van der Waals surface area contributed by atoms with E-state index in [2.05, 4.69) is 10.5 Å².